The van der Waals surface area contributed by atoms with Crippen molar-refractivity contribution in [3.05, 3.63) is 71.5 Å². The van der Waals surface area contributed by atoms with Crippen LogP contribution < -0.4 is 0 Å². The molecule has 1 saturated heterocycles. The second kappa shape index (κ2) is 5.94. The van der Waals surface area contributed by atoms with E-state index in [1.54, 1.807) is 4.90 Å². The van der Waals surface area contributed by atoms with Gasteiger partial charge in [0.05, 0.1) is 5.75 Å². The van der Waals surface area contributed by atoms with E-state index in [2.05, 4.69) is 0 Å². The molecule has 1 aliphatic rings. The molecular formula is C18H13F2NO2S. The van der Waals surface area contributed by atoms with Crippen molar-refractivity contribution in [3.8, 4) is 0 Å². The minimum atomic E-state index is -0.649. The number of fused-ring (bicyclic) bond motifs is 1. The number of amides is 1. The molecule has 1 amide bonds. The summed E-state index contributed by atoms with van der Waals surface area (Å²) in [5.41, 5.74) is 1.17. The summed E-state index contributed by atoms with van der Waals surface area (Å²) in [5, 5.41) is 0.667. The van der Waals surface area contributed by atoms with E-state index in [9.17, 15) is 13.6 Å². The summed E-state index contributed by atoms with van der Waals surface area (Å²) in [4.78, 5) is 13.8. The van der Waals surface area contributed by atoms with Crippen LogP contribution in [-0.4, -0.2) is 16.6 Å². The summed E-state index contributed by atoms with van der Waals surface area (Å²) in [6, 6.07) is 12.8. The Labute approximate surface area is 141 Å². The number of nitrogens with zero attached hydrogens (tertiary/aromatic N) is 1. The number of carbonyl (C=O) groups is 1. The van der Waals surface area contributed by atoms with Crippen LogP contribution in [0.1, 0.15) is 16.7 Å². The van der Waals surface area contributed by atoms with Crippen LogP contribution in [0, 0.1) is 11.6 Å². The molecular weight excluding hydrogens is 332 g/mol. The van der Waals surface area contributed by atoms with Crippen molar-refractivity contribution in [2.75, 3.05) is 5.75 Å². The first-order chi connectivity index (χ1) is 11.6. The predicted octanol–water partition coefficient (Wildman–Crippen LogP) is 4.49. The second-order valence-corrected chi connectivity index (χ2v) is 6.72. The summed E-state index contributed by atoms with van der Waals surface area (Å²) in [7, 11) is 0. The molecule has 0 saturated carbocycles. The lowest BCUT2D eigenvalue weighted by atomic mass is 10.2. The maximum absolute atomic E-state index is 13.4. The van der Waals surface area contributed by atoms with Crippen LogP contribution >= 0.6 is 11.8 Å². The van der Waals surface area contributed by atoms with E-state index in [0.717, 1.165) is 17.0 Å². The zero-order valence-corrected chi connectivity index (χ0v) is 13.4. The third-order valence-electron chi connectivity index (χ3n) is 3.93. The van der Waals surface area contributed by atoms with Gasteiger partial charge in [-0.15, -0.1) is 11.8 Å². The Kier molecular flexibility index (Phi) is 3.76. The largest absolute Gasteiger partial charge is 0.458 e. The van der Waals surface area contributed by atoms with Gasteiger partial charge in [-0.3, -0.25) is 4.79 Å². The number of benzene rings is 2. The van der Waals surface area contributed by atoms with Crippen LogP contribution in [0.3, 0.4) is 0 Å². The first-order valence-corrected chi connectivity index (χ1v) is 8.49. The van der Waals surface area contributed by atoms with Gasteiger partial charge in [0.1, 0.15) is 28.4 Å². The first-order valence-electron chi connectivity index (χ1n) is 7.45. The van der Waals surface area contributed by atoms with E-state index in [0.29, 0.717) is 17.1 Å². The molecule has 3 aromatic rings. The molecule has 122 valence electrons. The van der Waals surface area contributed by atoms with Crippen molar-refractivity contribution in [2.24, 2.45) is 0 Å². The minimum Gasteiger partial charge on any atom is -0.458 e. The maximum Gasteiger partial charge on any atom is 0.234 e. The van der Waals surface area contributed by atoms with Gasteiger partial charge >= 0.3 is 0 Å². The summed E-state index contributed by atoms with van der Waals surface area (Å²) in [6.45, 7) is 0.141. The second-order valence-electron chi connectivity index (χ2n) is 5.65. The van der Waals surface area contributed by atoms with Gasteiger partial charge in [-0.2, -0.15) is 0 Å². The number of rotatable bonds is 3. The quantitative estimate of drug-likeness (QED) is 0.701. The molecule has 0 radical (unpaired) electrons. The topological polar surface area (TPSA) is 33.5 Å². The van der Waals surface area contributed by atoms with E-state index < -0.39 is 11.6 Å². The molecule has 1 unspecified atom stereocenters. The van der Waals surface area contributed by atoms with Gasteiger partial charge in [-0.05, 0) is 29.8 Å². The Bertz CT molecular complexity index is 871. The minimum absolute atomic E-state index is 0.0740. The molecule has 3 nitrogen and oxygen atoms in total. The highest BCUT2D eigenvalue weighted by Crippen LogP contribution is 2.41. The van der Waals surface area contributed by atoms with Gasteiger partial charge in [-0.1, -0.05) is 18.2 Å². The molecule has 1 aromatic heterocycles. The number of hydrogen-bond donors (Lipinski definition) is 0. The number of furan rings is 1. The fourth-order valence-electron chi connectivity index (χ4n) is 2.88. The zero-order valence-electron chi connectivity index (χ0n) is 12.5. The summed E-state index contributed by atoms with van der Waals surface area (Å²) < 4.78 is 32.6. The van der Waals surface area contributed by atoms with Crippen LogP contribution in [0.15, 0.2) is 52.9 Å². The standard InChI is InChI=1S/C18H13F2NO2S/c19-13-5-11(6-14(20)8-13)9-21-17(22)10-24-18(21)16-7-12-3-1-2-4-15(12)23-16/h1-8,18H,9-10H2. The predicted molar refractivity (Wildman–Crippen MR) is 88.3 cm³/mol. The zero-order chi connectivity index (χ0) is 16.7. The number of para-hydroxylation sites is 1. The molecule has 1 aliphatic heterocycles. The molecule has 1 fully saturated rings. The summed E-state index contributed by atoms with van der Waals surface area (Å²) in [5.74, 6) is -0.382. The van der Waals surface area contributed by atoms with Gasteiger partial charge in [0.25, 0.3) is 0 Å². The molecule has 1 atom stereocenters. The average molecular weight is 345 g/mol. The molecule has 24 heavy (non-hydrogen) atoms. The Morgan fingerprint density at radius 1 is 1.12 bits per heavy atom. The van der Waals surface area contributed by atoms with Crippen LogP contribution in [0.4, 0.5) is 8.78 Å². The highest BCUT2D eigenvalue weighted by molar-refractivity contribution is 8.00. The Morgan fingerprint density at radius 3 is 2.62 bits per heavy atom. The van der Waals surface area contributed by atoms with Crippen LogP contribution in [-0.2, 0) is 11.3 Å². The fourth-order valence-corrected chi connectivity index (χ4v) is 4.00. The van der Waals surface area contributed by atoms with Crippen molar-refractivity contribution in [2.45, 2.75) is 11.9 Å². The fraction of sp³-hybridized carbons (Fsp3) is 0.167. The summed E-state index contributed by atoms with van der Waals surface area (Å²) >= 11 is 1.45. The lowest BCUT2D eigenvalue weighted by molar-refractivity contribution is -0.128. The monoisotopic (exact) mass is 345 g/mol. The van der Waals surface area contributed by atoms with Gasteiger partial charge in [-0.25, -0.2) is 8.78 Å². The molecule has 6 heteroatoms. The van der Waals surface area contributed by atoms with E-state index in [1.807, 2.05) is 30.3 Å². The Morgan fingerprint density at radius 2 is 1.88 bits per heavy atom. The van der Waals surface area contributed by atoms with Crippen LogP contribution in [0.5, 0.6) is 0 Å². The Balaban J connectivity index is 1.66. The van der Waals surface area contributed by atoms with Crippen molar-refractivity contribution < 1.29 is 18.0 Å². The molecule has 2 aromatic carbocycles. The summed E-state index contributed by atoms with van der Waals surface area (Å²) in [6.07, 6.45) is 0. The van der Waals surface area contributed by atoms with Gasteiger partial charge in [0.2, 0.25) is 5.91 Å². The van der Waals surface area contributed by atoms with E-state index in [1.165, 1.54) is 23.9 Å². The van der Waals surface area contributed by atoms with Crippen molar-refractivity contribution in [1.29, 1.82) is 0 Å². The highest BCUT2D eigenvalue weighted by atomic mass is 32.2. The van der Waals surface area contributed by atoms with E-state index in [-0.39, 0.29) is 17.8 Å². The van der Waals surface area contributed by atoms with Crippen molar-refractivity contribution in [1.82, 2.24) is 4.90 Å². The number of halogens is 2. The van der Waals surface area contributed by atoms with Crippen LogP contribution in [0.2, 0.25) is 0 Å². The Hall–Kier alpha value is -2.34. The third kappa shape index (κ3) is 2.78. The number of thioether (sulfide) groups is 1. The van der Waals surface area contributed by atoms with Crippen molar-refractivity contribution >= 4 is 28.6 Å². The molecule has 0 bridgehead atoms. The SMILES string of the molecule is O=C1CSC(c2cc3ccccc3o2)N1Cc1cc(F)cc(F)c1. The van der Waals surface area contributed by atoms with E-state index in [4.69, 9.17) is 4.42 Å². The molecule has 0 spiro atoms. The third-order valence-corrected chi connectivity index (χ3v) is 5.15. The smallest absolute Gasteiger partial charge is 0.234 e. The molecule has 0 N–H and O–H groups in total. The first kappa shape index (κ1) is 15.2. The van der Waals surface area contributed by atoms with Crippen molar-refractivity contribution in [3.63, 3.8) is 0 Å². The van der Waals surface area contributed by atoms with E-state index >= 15 is 0 Å². The lowest BCUT2D eigenvalue weighted by Gasteiger charge is -2.22. The van der Waals surface area contributed by atoms with Gasteiger partial charge in [0, 0.05) is 18.0 Å². The van der Waals surface area contributed by atoms with Gasteiger partial charge in [0.15, 0.2) is 0 Å². The number of carbonyl (C=O) groups excluding carboxylic acids is 1. The van der Waals surface area contributed by atoms with Gasteiger partial charge < -0.3 is 9.32 Å². The maximum atomic E-state index is 13.4. The van der Waals surface area contributed by atoms with Crippen LogP contribution in [0.25, 0.3) is 11.0 Å². The average Bonchev–Trinajstić information content (AvgIpc) is 3.10. The lowest BCUT2D eigenvalue weighted by Crippen LogP contribution is -2.27. The normalized spacial score (nSPS) is 17.8. The molecule has 4 rings (SSSR count). The molecule has 2 heterocycles. The molecule has 0 aliphatic carbocycles. The number of hydrogen-bond acceptors (Lipinski definition) is 3. The highest BCUT2D eigenvalue weighted by Gasteiger charge is 2.35.